The van der Waals surface area contributed by atoms with Crippen LogP contribution in [-0.2, 0) is 7.05 Å². The summed E-state index contributed by atoms with van der Waals surface area (Å²) in [5.41, 5.74) is 1.05. The minimum Gasteiger partial charge on any atom is -0.472 e. The van der Waals surface area contributed by atoms with Crippen molar-refractivity contribution in [3.05, 3.63) is 46.9 Å². The van der Waals surface area contributed by atoms with Crippen LogP contribution in [0.15, 0.2) is 41.3 Å². The highest BCUT2D eigenvalue weighted by Gasteiger charge is 2.14. The lowest BCUT2D eigenvalue weighted by Gasteiger charge is -2.20. The number of ether oxygens (including phenoxy) is 1. The van der Waals surface area contributed by atoms with Gasteiger partial charge in [-0.2, -0.15) is 5.10 Å². The van der Waals surface area contributed by atoms with E-state index in [0.717, 1.165) is 0 Å². The fourth-order valence-corrected chi connectivity index (χ4v) is 2.18. The predicted molar refractivity (Wildman–Crippen MR) is 90.7 cm³/mol. The first-order chi connectivity index (χ1) is 11.3. The van der Waals surface area contributed by atoms with E-state index in [1.807, 2.05) is 33.9 Å². The summed E-state index contributed by atoms with van der Waals surface area (Å²) in [6.07, 6.45) is 1.80. The van der Waals surface area contributed by atoms with Crippen molar-refractivity contribution < 1.29 is 4.74 Å². The fourth-order valence-electron chi connectivity index (χ4n) is 2.18. The first kappa shape index (κ1) is 15.9. The number of rotatable bonds is 3. The average molecular weight is 325 g/mol. The molecule has 1 N–H and O–H groups in total. The molecule has 7 nitrogen and oxygen atoms in total. The Morgan fingerprint density at radius 2 is 1.88 bits per heavy atom. The van der Waals surface area contributed by atoms with E-state index < -0.39 is 0 Å². The molecule has 24 heavy (non-hydrogen) atoms. The number of hydrogen-bond acceptors (Lipinski definition) is 5. The molecule has 7 heteroatoms. The summed E-state index contributed by atoms with van der Waals surface area (Å²) in [6, 6.07) is 8.59. The van der Waals surface area contributed by atoms with E-state index >= 15 is 0 Å². The molecule has 0 fully saturated rings. The van der Waals surface area contributed by atoms with Gasteiger partial charge in [-0.25, -0.2) is 9.97 Å². The molecule has 0 radical (unpaired) electrons. The number of aromatic nitrogens is 5. The van der Waals surface area contributed by atoms with E-state index in [2.05, 4.69) is 20.1 Å². The molecular formula is C17H19N5O2. The van der Waals surface area contributed by atoms with Gasteiger partial charge in [0.1, 0.15) is 17.0 Å². The van der Waals surface area contributed by atoms with Gasteiger partial charge in [-0.3, -0.25) is 9.48 Å². The number of H-pyrrole nitrogens is 1. The third-order valence-electron chi connectivity index (χ3n) is 3.09. The molecule has 3 heterocycles. The van der Waals surface area contributed by atoms with Gasteiger partial charge in [0.2, 0.25) is 5.88 Å². The molecule has 3 aromatic heterocycles. The molecule has 3 rings (SSSR count). The van der Waals surface area contributed by atoms with Gasteiger partial charge in [0, 0.05) is 25.4 Å². The Kier molecular flexibility index (Phi) is 3.92. The first-order valence-electron chi connectivity index (χ1n) is 7.58. The van der Waals surface area contributed by atoms with E-state index in [4.69, 9.17) is 4.74 Å². The summed E-state index contributed by atoms with van der Waals surface area (Å²) >= 11 is 0. The molecule has 0 saturated heterocycles. The molecular weight excluding hydrogens is 306 g/mol. The van der Waals surface area contributed by atoms with Crippen LogP contribution in [0.2, 0.25) is 0 Å². The lowest BCUT2D eigenvalue weighted by atomic mass is 10.2. The molecule has 0 amide bonds. The standard InChI is InChI=1S/C17H19N5O2/c1-17(2,3)24-15-7-5-6-12(18-15)16-19-13(10-14(23)20-16)11-8-9-22(4)21-11/h5-10H,1-4H3,(H,19,20,23). The molecule has 0 aromatic carbocycles. The third kappa shape index (κ3) is 3.68. The molecule has 0 atom stereocenters. The van der Waals surface area contributed by atoms with Gasteiger partial charge in [0.15, 0.2) is 5.82 Å². The lowest BCUT2D eigenvalue weighted by molar-refractivity contribution is 0.124. The Hall–Kier alpha value is -2.96. The van der Waals surface area contributed by atoms with E-state index in [9.17, 15) is 4.79 Å². The van der Waals surface area contributed by atoms with E-state index in [-0.39, 0.29) is 11.2 Å². The maximum absolute atomic E-state index is 12.0. The van der Waals surface area contributed by atoms with Crippen molar-refractivity contribution in [2.24, 2.45) is 7.05 Å². The molecule has 0 aliphatic rings. The molecule has 0 unspecified atom stereocenters. The second-order valence-electron chi connectivity index (χ2n) is 6.43. The van der Waals surface area contributed by atoms with Crippen LogP contribution in [0.25, 0.3) is 22.9 Å². The van der Waals surface area contributed by atoms with E-state index in [0.29, 0.717) is 28.8 Å². The summed E-state index contributed by atoms with van der Waals surface area (Å²) in [4.78, 5) is 23.6. The molecule has 0 aliphatic carbocycles. The highest BCUT2D eigenvalue weighted by atomic mass is 16.5. The second-order valence-corrected chi connectivity index (χ2v) is 6.43. The molecule has 0 bridgehead atoms. The largest absolute Gasteiger partial charge is 0.472 e. The van der Waals surface area contributed by atoms with Crippen LogP contribution >= 0.6 is 0 Å². The van der Waals surface area contributed by atoms with Crippen LogP contribution in [-0.4, -0.2) is 30.3 Å². The van der Waals surface area contributed by atoms with Crippen molar-refractivity contribution in [1.82, 2.24) is 24.7 Å². The predicted octanol–water partition coefficient (Wildman–Crippen LogP) is 2.41. The van der Waals surface area contributed by atoms with Crippen molar-refractivity contribution in [2.75, 3.05) is 0 Å². The van der Waals surface area contributed by atoms with Crippen LogP contribution < -0.4 is 10.3 Å². The Morgan fingerprint density at radius 1 is 1.08 bits per heavy atom. The maximum Gasteiger partial charge on any atom is 0.251 e. The van der Waals surface area contributed by atoms with Crippen molar-refractivity contribution in [2.45, 2.75) is 26.4 Å². The smallest absolute Gasteiger partial charge is 0.251 e. The summed E-state index contributed by atoms with van der Waals surface area (Å²) in [5.74, 6) is 0.855. The monoisotopic (exact) mass is 325 g/mol. The molecule has 0 saturated carbocycles. The van der Waals surface area contributed by atoms with Gasteiger partial charge >= 0.3 is 0 Å². The maximum atomic E-state index is 12.0. The normalized spacial score (nSPS) is 11.5. The number of aromatic amines is 1. The molecule has 0 spiro atoms. The zero-order valence-electron chi connectivity index (χ0n) is 14.1. The number of pyridine rings is 1. The summed E-state index contributed by atoms with van der Waals surface area (Å²) < 4.78 is 7.43. The number of nitrogens with one attached hydrogen (secondary N) is 1. The van der Waals surface area contributed by atoms with E-state index in [1.165, 1.54) is 6.07 Å². The Bertz CT molecular complexity index is 921. The van der Waals surface area contributed by atoms with Crippen molar-refractivity contribution in [3.63, 3.8) is 0 Å². The number of nitrogens with zero attached hydrogens (tertiary/aromatic N) is 4. The highest BCUT2D eigenvalue weighted by Crippen LogP contribution is 2.21. The van der Waals surface area contributed by atoms with E-state index in [1.54, 1.807) is 29.1 Å². The Morgan fingerprint density at radius 3 is 2.54 bits per heavy atom. The summed E-state index contributed by atoms with van der Waals surface area (Å²) in [7, 11) is 1.81. The Labute approximate surface area is 139 Å². The topological polar surface area (TPSA) is 85.7 Å². The van der Waals surface area contributed by atoms with Crippen molar-refractivity contribution >= 4 is 0 Å². The Balaban J connectivity index is 2.02. The van der Waals surface area contributed by atoms with Crippen LogP contribution in [0.4, 0.5) is 0 Å². The van der Waals surface area contributed by atoms with Gasteiger partial charge < -0.3 is 9.72 Å². The summed E-state index contributed by atoms with van der Waals surface area (Å²) in [5, 5.41) is 4.28. The molecule has 124 valence electrons. The quantitative estimate of drug-likeness (QED) is 0.799. The zero-order chi connectivity index (χ0) is 17.3. The van der Waals surface area contributed by atoms with Crippen LogP contribution in [0.1, 0.15) is 20.8 Å². The summed E-state index contributed by atoms with van der Waals surface area (Å²) in [6.45, 7) is 5.84. The van der Waals surface area contributed by atoms with Gasteiger partial charge in [0.05, 0.1) is 5.69 Å². The SMILES string of the molecule is Cn1ccc(-c2cc(=O)[nH]c(-c3cccc(OC(C)(C)C)n3)n2)n1. The highest BCUT2D eigenvalue weighted by molar-refractivity contribution is 5.58. The molecule has 0 aliphatic heterocycles. The number of aryl methyl sites for hydroxylation is 1. The van der Waals surface area contributed by atoms with Crippen molar-refractivity contribution in [3.8, 4) is 28.8 Å². The van der Waals surface area contributed by atoms with Gasteiger partial charge in [-0.05, 0) is 32.9 Å². The van der Waals surface area contributed by atoms with Gasteiger partial charge in [0.25, 0.3) is 5.56 Å². The lowest BCUT2D eigenvalue weighted by Crippen LogP contribution is -2.23. The van der Waals surface area contributed by atoms with Crippen molar-refractivity contribution in [1.29, 1.82) is 0 Å². The second kappa shape index (κ2) is 5.92. The first-order valence-corrected chi connectivity index (χ1v) is 7.58. The minimum absolute atomic E-state index is 0.260. The van der Waals surface area contributed by atoms with Gasteiger partial charge in [-0.1, -0.05) is 6.07 Å². The minimum atomic E-state index is -0.359. The fraction of sp³-hybridized carbons (Fsp3) is 0.294. The van der Waals surface area contributed by atoms with Crippen LogP contribution in [0.3, 0.4) is 0 Å². The van der Waals surface area contributed by atoms with Crippen LogP contribution in [0.5, 0.6) is 5.88 Å². The number of hydrogen-bond donors (Lipinski definition) is 1. The third-order valence-corrected chi connectivity index (χ3v) is 3.09. The zero-order valence-corrected chi connectivity index (χ0v) is 14.1. The van der Waals surface area contributed by atoms with Gasteiger partial charge in [-0.15, -0.1) is 0 Å². The molecule has 3 aromatic rings. The van der Waals surface area contributed by atoms with Crippen LogP contribution in [0, 0.1) is 0 Å². The average Bonchev–Trinajstić information content (AvgIpc) is 2.92.